The lowest BCUT2D eigenvalue weighted by Crippen LogP contribution is -2.12. The van der Waals surface area contributed by atoms with Crippen molar-refractivity contribution in [3.05, 3.63) is 71.7 Å². The van der Waals surface area contributed by atoms with Crippen LogP contribution in [0.2, 0.25) is 0 Å². The van der Waals surface area contributed by atoms with Crippen LogP contribution in [-0.2, 0) is 7.05 Å². The fourth-order valence-electron chi connectivity index (χ4n) is 2.33. The van der Waals surface area contributed by atoms with Crippen molar-refractivity contribution in [3.8, 4) is 11.3 Å². The summed E-state index contributed by atoms with van der Waals surface area (Å²) in [5.74, 6) is -0.624. The molecule has 1 heterocycles. The molecule has 116 valence electrons. The highest BCUT2D eigenvalue weighted by Crippen LogP contribution is 2.21. The quantitative estimate of drug-likeness (QED) is 0.800. The van der Waals surface area contributed by atoms with Crippen molar-refractivity contribution >= 4 is 11.6 Å². The fraction of sp³-hybridized carbons (Fsp3) is 0.111. The van der Waals surface area contributed by atoms with E-state index >= 15 is 0 Å². The predicted molar refractivity (Wildman–Crippen MR) is 87.7 cm³/mol. The molecule has 1 aromatic heterocycles. The Bertz CT molecular complexity index is 853. The molecule has 0 radical (unpaired) electrons. The molecule has 0 bridgehead atoms. The first-order valence-corrected chi connectivity index (χ1v) is 7.21. The molecule has 3 aromatic rings. The SMILES string of the molecule is Cc1ccc(NC(=O)c2cc(-c3cccc(F)c3)n(C)n2)cc1. The van der Waals surface area contributed by atoms with E-state index in [9.17, 15) is 9.18 Å². The molecule has 23 heavy (non-hydrogen) atoms. The van der Waals surface area contributed by atoms with E-state index in [1.54, 1.807) is 29.9 Å². The molecule has 0 unspecified atom stereocenters. The normalized spacial score (nSPS) is 10.6. The first kappa shape index (κ1) is 15.0. The van der Waals surface area contributed by atoms with Gasteiger partial charge in [0.05, 0.1) is 5.69 Å². The van der Waals surface area contributed by atoms with Crippen LogP contribution >= 0.6 is 0 Å². The third kappa shape index (κ3) is 3.29. The number of nitrogens with zero attached hydrogens (tertiary/aromatic N) is 2. The summed E-state index contributed by atoms with van der Waals surface area (Å²) >= 11 is 0. The van der Waals surface area contributed by atoms with Gasteiger partial charge in [-0.25, -0.2) is 4.39 Å². The number of hydrogen-bond acceptors (Lipinski definition) is 2. The second-order valence-corrected chi connectivity index (χ2v) is 5.37. The molecule has 1 N–H and O–H groups in total. The number of benzene rings is 2. The van der Waals surface area contributed by atoms with Gasteiger partial charge in [0.2, 0.25) is 0 Å². The van der Waals surface area contributed by atoms with Gasteiger partial charge in [-0.05, 0) is 37.3 Å². The molecule has 0 saturated carbocycles. The fourth-order valence-corrected chi connectivity index (χ4v) is 2.33. The van der Waals surface area contributed by atoms with Gasteiger partial charge in [0, 0.05) is 18.3 Å². The Hall–Kier alpha value is -2.95. The molecular formula is C18H16FN3O. The lowest BCUT2D eigenvalue weighted by Gasteiger charge is -2.02. The maximum absolute atomic E-state index is 13.4. The summed E-state index contributed by atoms with van der Waals surface area (Å²) in [6.07, 6.45) is 0. The van der Waals surface area contributed by atoms with E-state index in [1.165, 1.54) is 12.1 Å². The third-order valence-electron chi connectivity index (χ3n) is 3.54. The van der Waals surface area contributed by atoms with Crippen molar-refractivity contribution < 1.29 is 9.18 Å². The van der Waals surface area contributed by atoms with Gasteiger partial charge in [0.15, 0.2) is 5.69 Å². The Morgan fingerprint density at radius 1 is 1.13 bits per heavy atom. The molecule has 0 fully saturated rings. The molecular weight excluding hydrogens is 293 g/mol. The van der Waals surface area contributed by atoms with Crippen LogP contribution in [0.4, 0.5) is 10.1 Å². The lowest BCUT2D eigenvalue weighted by molar-refractivity contribution is 0.102. The topological polar surface area (TPSA) is 46.9 Å². The van der Waals surface area contributed by atoms with Crippen molar-refractivity contribution in [2.24, 2.45) is 7.05 Å². The van der Waals surface area contributed by atoms with Crippen LogP contribution < -0.4 is 5.32 Å². The van der Waals surface area contributed by atoms with Crippen molar-refractivity contribution in [1.82, 2.24) is 9.78 Å². The number of amides is 1. The van der Waals surface area contributed by atoms with Crippen LogP contribution in [0.15, 0.2) is 54.6 Å². The summed E-state index contributed by atoms with van der Waals surface area (Å²) in [6, 6.07) is 15.4. The number of rotatable bonds is 3. The zero-order valence-electron chi connectivity index (χ0n) is 12.9. The highest BCUT2D eigenvalue weighted by atomic mass is 19.1. The first-order valence-electron chi connectivity index (χ1n) is 7.21. The van der Waals surface area contributed by atoms with Gasteiger partial charge in [0.1, 0.15) is 5.82 Å². The number of hydrogen-bond donors (Lipinski definition) is 1. The van der Waals surface area contributed by atoms with Crippen LogP contribution in [0.3, 0.4) is 0 Å². The van der Waals surface area contributed by atoms with E-state index in [0.29, 0.717) is 16.9 Å². The minimum Gasteiger partial charge on any atom is -0.321 e. The minimum absolute atomic E-state index is 0.285. The number of aryl methyl sites for hydroxylation is 2. The Morgan fingerprint density at radius 3 is 2.57 bits per heavy atom. The summed E-state index contributed by atoms with van der Waals surface area (Å²) in [5.41, 5.74) is 3.47. The Balaban J connectivity index is 1.85. The summed E-state index contributed by atoms with van der Waals surface area (Å²) in [4.78, 5) is 12.3. The molecule has 0 spiro atoms. The van der Waals surface area contributed by atoms with E-state index in [1.807, 2.05) is 31.2 Å². The van der Waals surface area contributed by atoms with E-state index < -0.39 is 0 Å². The molecule has 0 saturated heterocycles. The predicted octanol–water partition coefficient (Wildman–Crippen LogP) is 3.79. The first-order chi connectivity index (χ1) is 11.0. The van der Waals surface area contributed by atoms with Gasteiger partial charge in [0.25, 0.3) is 5.91 Å². The highest BCUT2D eigenvalue weighted by Gasteiger charge is 2.14. The molecule has 2 aromatic carbocycles. The monoisotopic (exact) mass is 309 g/mol. The van der Waals surface area contributed by atoms with Gasteiger partial charge in [-0.15, -0.1) is 0 Å². The molecule has 4 nitrogen and oxygen atoms in total. The van der Waals surface area contributed by atoms with E-state index in [4.69, 9.17) is 0 Å². The minimum atomic E-state index is -0.325. The maximum atomic E-state index is 13.4. The third-order valence-corrected chi connectivity index (χ3v) is 3.54. The van der Waals surface area contributed by atoms with Crippen LogP contribution in [0.25, 0.3) is 11.3 Å². The van der Waals surface area contributed by atoms with Crippen molar-refractivity contribution in [1.29, 1.82) is 0 Å². The summed E-state index contributed by atoms with van der Waals surface area (Å²) in [6.45, 7) is 1.98. The van der Waals surface area contributed by atoms with Crippen molar-refractivity contribution in [2.75, 3.05) is 5.32 Å². The molecule has 5 heteroatoms. The van der Waals surface area contributed by atoms with Crippen LogP contribution in [0, 0.1) is 12.7 Å². The number of anilines is 1. The average Bonchev–Trinajstić information content (AvgIpc) is 2.92. The zero-order chi connectivity index (χ0) is 16.4. The molecule has 0 aliphatic rings. The van der Waals surface area contributed by atoms with Crippen LogP contribution in [0.1, 0.15) is 16.1 Å². The van der Waals surface area contributed by atoms with E-state index in [2.05, 4.69) is 10.4 Å². The highest BCUT2D eigenvalue weighted by molar-refractivity contribution is 6.03. The molecule has 0 aliphatic heterocycles. The second kappa shape index (κ2) is 6.04. The van der Waals surface area contributed by atoms with Gasteiger partial charge >= 0.3 is 0 Å². The van der Waals surface area contributed by atoms with Crippen molar-refractivity contribution in [2.45, 2.75) is 6.92 Å². The summed E-state index contributed by atoms with van der Waals surface area (Å²) < 4.78 is 14.9. The van der Waals surface area contributed by atoms with Crippen LogP contribution in [0.5, 0.6) is 0 Å². The Labute approximate surface area is 133 Å². The summed E-state index contributed by atoms with van der Waals surface area (Å²) in [5, 5.41) is 7.01. The van der Waals surface area contributed by atoms with E-state index in [-0.39, 0.29) is 17.4 Å². The smallest absolute Gasteiger partial charge is 0.276 e. The average molecular weight is 309 g/mol. The molecule has 3 rings (SSSR count). The number of aromatic nitrogens is 2. The van der Waals surface area contributed by atoms with Gasteiger partial charge in [-0.3, -0.25) is 9.48 Å². The maximum Gasteiger partial charge on any atom is 0.276 e. The number of carbonyl (C=O) groups excluding carboxylic acids is 1. The molecule has 0 aliphatic carbocycles. The van der Waals surface area contributed by atoms with Gasteiger partial charge in [-0.1, -0.05) is 29.8 Å². The molecule has 0 atom stereocenters. The zero-order valence-corrected chi connectivity index (χ0v) is 12.9. The van der Waals surface area contributed by atoms with E-state index in [0.717, 1.165) is 5.56 Å². The molecule has 1 amide bonds. The Kier molecular flexibility index (Phi) is 3.93. The lowest BCUT2D eigenvalue weighted by atomic mass is 10.1. The number of nitrogens with one attached hydrogen (secondary N) is 1. The second-order valence-electron chi connectivity index (χ2n) is 5.37. The van der Waals surface area contributed by atoms with Gasteiger partial charge < -0.3 is 5.32 Å². The largest absolute Gasteiger partial charge is 0.321 e. The van der Waals surface area contributed by atoms with Crippen molar-refractivity contribution in [3.63, 3.8) is 0 Å². The summed E-state index contributed by atoms with van der Waals surface area (Å²) in [7, 11) is 1.73. The Morgan fingerprint density at radius 2 is 1.87 bits per heavy atom. The standard InChI is InChI=1S/C18H16FN3O/c1-12-6-8-15(9-7-12)20-18(23)16-11-17(22(2)21-16)13-4-3-5-14(19)10-13/h3-11H,1-2H3,(H,20,23). The number of halogens is 1. The van der Waals surface area contributed by atoms with Crippen LogP contribution in [-0.4, -0.2) is 15.7 Å². The number of carbonyl (C=O) groups is 1. The van der Waals surface area contributed by atoms with Gasteiger partial charge in [-0.2, -0.15) is 5.10 Å².